The first-order valence-electron chi connectivity index (χ1n) is 7.77. The van der Waals surface area contributed by atoms with Gasteiger partial charge in [0.05, 0.1) is 17.8 Å². The van der Waals surface area contributed by atoms with E-state index in [0.29, 0.717) is 23.6 Å². The molecule has 2 heterocycles. The Bertz CT molecular complexity index is 927. The van der Waals surface area contributed by atoms with Gasteiger partial charge in [-0.1, -0.05) is 29.8 Å². The molecule has 4 nitrogen and oxygen atoms in total. The van der Waals surface area contributed by atoms with E-state index in [0.717, 1.165) is 5.56 Å². The Morgan fingerprint density at radius 3 is 2.76 bits per heavy atom. The first-order valence-corrected chi connectivity index (χ1v) is 8.15. The number of rotatable bonds is 4. The maximum absolute atomic E-state index is 13.4. The van der Waals surface area contributed by atoms with Crippen molar-refractivity contribution < 1.29 is 13.6 Å². The summed E-state index contributed by atoms with van der Waals surface area (Å²) >= 11 is 5.87. The van der Waals surface area contributed by atoms with E-state index in [9.17, 15) is 9.18 Å². The molecular formula is C19H14ClFN2O2. The van der Waals surface area contributed by atoms with Crippen LogP contribution in [0.3, 0.4) is 0 Å². The first kappa shape index (κ1) is 15.7. The highest BCUT2D eigenvalue weighted by Gasteiger charge is 2.36. The SMILES string of the molecule is O=C1c2ccccc2[C@@H](Nc2ccc(F)c(Cl)c2)N1Cc1ccco1. The van der Waals surface area contributed by atoms with Crippen molar-refractivity contribution in [1.82, 2.24) is 4.90 Å². The monoisotopic (exact) mass is 356 g/mol. The zero-order chi connectivity index (χ0) is 17.4. The van der Waals surface area contributed by atoms with Gasteiger partial charge in [0.1, 0.15) is 17.7 Å². The molecule has 1 aromatic heterocycles. The number of halogens is 2. The summed E-state index contributed by atoms with van der Waals surface area (Å²) in [4.78, 5) is 14.5. The average Bonchev–Trinajstić information content (AvgIpc) is 3.21. The van der Waals surface area contributed by atoms with Crippen LogP contribution in [-0.4, -0.2) is 10.8 Å². The van der Waals surface area contributed by atoms with Gasteiger partial charge in [-0.15, -0.1) is 0 Å². The van der Waals surface area contributed by atoms with Gasteiger partial charge in [0.2, 0.25) is 0 Å². The Labute approximate surface area is 148 Å². The van der Waals surface area contributed by atoms with E-state index in [1.54, 1.807) is 29.4 Å². The van der Waals surface area contributed by atoms with Gasteiger partial charge < -0.3 is 14.6 Å². The van der Waals surface area contributed by atoms with Crippen molar-refractivity contribution in [2.45, 2.75) is 12.7 Å². The van der Waals surface area contributed by atoms with Gasteiger partial charge in [0.25, 0.3) is 5.91 Å². The lowest BCUT2D eigenvalue weighted by Crippen LogP contribution is -2.31. The lowest BCUT2D eigenvalue weighted by molar-refractivity contribution is 0.0715. The maximum Gasteiger partial charge on any atom is 0.256 e. The van der Waals surface area contributed by atoms with Crippen LogP contribution in [0.2, 0.25) is 5.02 Å². The largest absolute Gasteiger partial charge is 0.467 e. The fourth-order valence-corrected chi connectivity index (χ4v) is 3.18. The van der Waals surface area contributed by atoms with E-state index >= 15 is 0 Å². The Morgan fingerprint density at radius 1 is 1.16 bits per heavy atom. The average molecular weight is 357 g/mol. The van der Waals surface area contributed by atoms with Crippen LogP contribution in [0.5, 0.6) is 0 Å². The molecule has 126 valence electrons. The van der Waals surface area contributed by atoms with Crippen molar-refractivity contribution in [2.24, 2.45) is 0 Å². The van der Waals surface area contributed by atoms with Crippen LogP contribution in [0.15, 0.2) is 65.3 Å². The number of hydrogen-bond acceptors (Lipinski definition) is 3. The third-order valence-corrected chi connectivity index (χ3v) is 4.48. The normalized spacial score (nSPS) is 16.2. The van der Waals surface area contributed by atoms with Crippen molar-refractivity contribution in [3.63, 3.8) is 0 Å². The number of fused-ring (bicyclic) bond motifs is 1. The number of furan rings is 1. The molecule has 6 heteroatoms. The Balaban J connectivity index is 1.70. The van der Waals surface area contributed by atoms with Gasteiger partial charge in [0, 0.05) is 16.8 Å². The Kier molecular flexibility index (Phi) is 3.93. The molecular weight excluding hydrogens is 343 g/mol. The molecule has 1 atom stereocenters. The molecule has 4 rings (SSSR count). The molecule has 0 unspecified atom stereocenters. The van der Waals surface area contributed by atoms with Crippen LogP contribution in [-0.2, 0) is 6.54 Å². The van der Waals surface area contributed by atoms with Gasteiger partial charge in [-0.3, -0.25) is 4.79 Å². The summed E-state index contributed by atoms with van der Waals surface area (Å²) in [6.07, 6.45) is 1.18. The minimum atomic E-state index is -0.484. The zero-order valence-electron chi connectivity index (χ0n) is 13.1. The molecule has 0 radical (unpaired) electrons. The van der Waals surface area contributed by atoms with Crippen LogP contribution < -0.4 is 5.32 Å². The Hall–Kier alpha value is -2.79. The van der Waals surface area contributed by atoms with Crippen molar-refractivity contribution in [2.75, 3.05) is 5.32 Å². The van der Waals surface area contributed by atoms with Gasteiger partial charge in [-0.05, 0) is 36.4 Å². The van der Waals surface area contributed by atoms with Gasteiger partial charge in [0.15, 0.2) is 0 Å². The Morgan fingerprint density at radius 2 is 2.00 bits per heavy atom. The summed E-state index contributed by atoms with van der Waals surface area (Å²) in [5.74, 6) is 0.116. The number of nitrogens with one attached hydrogen (secondary N) is 1. The van der Waals surface area contributed by atoms with Crippen molar-refractivity contribution in [1.29, 1.82) is 0 Å². The number of hydrogen-bond donors (Lipinski definition) is 1. The second kappa shape index (κ2) is 6.26. The molecule has 0 spiro atoms. The molecule has 0 bridgehead atoms. The fourth-order valence-electron chi connectivity index (χ4n) is 3.00. The molecule has 25 heavy (non-hydrogen) atoms. The van der Waals surface area contributed by atoms with E-state index in [1.165, 1.54) is 12.1 Å². The van der Waals surface area contributed by atoms with Crippen LogP contribution in [0.4, 0.5) is 10.1 Å². The summed E-state index contributed by atoms with van der Waals surface area (Å²) in [5.41, 5.74) is 2.13. The van der Waals surface area contributed by atoms with Gasteiger partial charge in [-0.2, -0.15) is 0 Å². The number of carbonyl (C=O) groups is 1. The lowest BCUT2D eigenvalue weighted by Gasteiger charge is -2.26. The summed E-state index contributed by atoms with van der Waals surface area (Å²) in [5, 5.41) is 3.30. The standard InChI is InChI=1S/C19H14ClFN2O2/c20-16-10-12(7-8-17(16)21)22-18-14-5-1-2-6-15(14)19(24)23(18)11-13-4-3-9-25-13/h1-10,18,22H,11H2/t18-/m0/s1. The highest BCUT2D eigenvalue weighted by atomic mass is 35.5. The van der Waals surface area contributed by atoms with Crippen LogP contribution >= 0.6 is 11.6 Å². The topological polar surface area (TPSA) is 45.5 Å². The molecule has 2 aromatic carbocycles. The molecule has 1 amide bonds. The van der Waals surface area contributed by atoms with Crippen molar-refractivity contribution >= 4 is 23.2 Å². The molecule has 1 aliphatic rings. The number of amides is 1. The first-order chi connectivity index (χ1) is 12.1. The fraction of sp³-hybridized carbons (Fsp3) is 0.105. The molecule has 3 aromatic rings. The van der Waals surface area contributed by atoms with Gasteiger partial charge >= 0.3 is 0 Å². The smallest absolute Gasteiger partial charge is 0.256 e. The van der Waals surface area contributed by atoms with Crippen LogP contribution in [0, 0.1) is 5.82 Å². The zero-order valence-corrected chi connectivity index (χ0v) is 13.8. The summed E-state index contributed by atoms with van der Waals surface area (Å²) in [7, 11) is 0. The minimum absolute atomic E-state index is 0.0280. The predicted octanol–water partition coefficient (Wildman–Crippen LogP) is 4.84. The third kappa shape index (κ3) is 2.87. The molecule has 1 N–H and O–H groups in total. The molecule has 0 aliphatic carbocycles. The molecule has 0 saturated heterocycles. The van der Waals surface area contributed by atoms with E-state index in [4.69, 9.17) is 16.0 Å². The molecule has 1 aliphatic heterocycles. The van der Waals surface area contributed by atoms with Crippen LogP contribution in [0.1, 0.15) is 27.8 Å². The summed E-state index contributed by atoms with van der Waals surface area (Å²) < 4.78 is 18.8. The molecule has 0 saturated carbocycles. The number of carbonyl (C=O) groups excluding carboxylic acids is 1. The highest BCUT2D eigenvalue weighted by molar-refractivity contribution is 6.31. The van der Waals surface area contributed by atoms with Crippen molar-refractivity contribution in [3.8, 4) is 0 Å². The minimum Gasteiger partial charge on any atom is -0.467 e. The second-order valence-corrected chi connectivity index (χ2v) is 6.18. The maximum atomic E-state index is 13.4. The van der Waals surface area contributed by atoms with Gasteiger partial charge in [-0.25, -0.2) is 4.39 Å². The van der Waals surface area contributed by atoms with E-state index in [2.05, 4.69) is 5.32 Å². The summed E-state index contributed by atoms with van der Waals surface area (Å²) in [6.45, 7) is 0.326. The number of anilines is 1. The molecule has 0 fully saturated rings. The lowest BCUT2D eigenvalue weighted by atomic mass is 10.1. The predicted molar refractivity (Wildman–Crippen MR) is 92.8 cm³/mol. The number of benzene rings is 2. The van der Waals surface area contributed by atoms with E-state index in [1.807, 2.05) is 24.3 Å². The number of nitrogens with zero attached hydrogens (tertiary/aromatic N) is 1. The second-order valence-electron chi connectivity index (χ2n) is 5.78. The van der Waals surface area contributed by atoms with Crippen LogP contribution in [0.25, 0.3) is 0 Å². The summed E-state index contributed by atoms with van der Waals surface area (Å²) in [6, 6.07) is 15.4. The van der Waals surface area contributed by atoms with E-state index < -0.39 is 12.0 Å². The quantitative estimate of drug-likeness (QED) is 0.727. The third-order valence-electron chi connectivity index (χ3n) is 4.19. The van der Waals surface area contributed by atoms with Crippen molar-refractivity contribution in [3.05, 3.63) is 88.6 Å². The highest BCUT2D eigenvalue weighted by Crippen LogP contribution is 2.36. The van der Waals surface area contributed by atoms with E-state index in [-0.39, 0.29) is 10.9 Å².